The van der Waals surface area contributed by atoms with Gasteiger partial charge in [0.25, 0.3) is 0 Å². The molecule has 3 nitrogen and oxygen atoms in total. The summed E-state index contributed by atoms with van der Waals surface area (Å²) in [6.45, 7) is 8.03. The number of ether oxygens (including phenoxy) is 1. The third kappa shape index (κ3) is 2.16. The fraction of sp³-hybridized carbons (Fsp3) is 0.471. The maximum atomic E-state index is 12.6. The highest BCUT2D eigenvalue weighted by molar-refractivity contribution is 5.83. The zero-order valence-corrected chi connectivity index (χ0v) is 12.5. The average molecular weight is 273 g/mol. The molecular formula is C17H23NO2. The molecule has 1 aliphatic rings. The zero-order chi connectivity index (χ0) is 14.8. The van der Waals surface area contributed by atoms with Crippen molar-refractivity contribution in [3.63, 3.8) is 0 Å². The van der Waals surface area contributed by atoms with E-state index in [1.807, 2.05) is 43.5 Å². The van der Waals surface area contributed by atoms with Crippen LogP contribution in [0.4, 0.5) is 0 Å². The summed E-state index contributed by atoms with van der Waals surface area (Å²) in [5.74, 6) is 0.0785. The Hall–Kier alpha value is -1.61. The molecule has 0 spiro atoms. The molecule has 0 aliphatic carbocycles. The summed E-state index contributed by atoms with van der Waals surface area (Å²) in [6.07, 6.45) is 3.05. The lowest BCUT2D eigenvalue weighted by atomic mass is 9.79. The molecule has 0 amide bonds. The normalized spacial score (nSPS) is 28.1. The Bertz CT molecular complexity index is 485. The van der Waals surface area contributed by atoms with Crippen LogP contribution >= 0.6 is 0 Å². The topological polar surface area (TPSA) is 29.5 Å². The number of carbonyl (C=O) groups excluding carboxylic acids is 1. The number of esters is 1. The van der Waals surface area contributed by atoms with E-state index in [4.69, 9.17) is 4.74 Å². The lowest BCUT2D eigenvalue weighted by molar-refractivity contribution is -0.147. The third-order valence-corrected chi connectivity index (χ3v) is 4.52. The molecule has 3 heteroatoms. The van der Waals surface area contributed by atoms with Crippen LogP contribution in [0, 0.1) is 5.92 Å². The molecule has 2 rings (SSSR count). The summed E-state index contributed by atoms with van der Waals surface area (Å²) in [5.41, 5.74) is 0.411. The molecule has 0 aromatic heterocycles. The van der Waals surface area contributed by atoms with Gasteiger partial charge in [-0.2, -0.15) is 0 Å². The average Bonchev–Trinajstić information content (AvgIpc) is 2.73. The van der Waals surface area contributed by atoms with Gasteiger partial charge in [0.15, 0.2) is 6.23 Å². The van der Waals surface area contributed by atoms with Gasteiger partial charge in [-0.3, -0.25) is 4.90 Å². The Morgan fingerprint density at radius 1 is 1.45 bits per heavy atom. The van der Waals surface area contributed by atoms with E-state index in [9.17, 15) is 4.79 Å². The first-order chi connectivity index (χ1) is 9.57. The summed E-state index contributed by atoms with van der Waals surface area (Å²) < 4.78 is 5.69. The lowest BCUT2D eigenvalue weighted by Crippen LogP contribution is -2.51. The van der Waals surface area contributed by atoms with E-state index in [0.717, 1.165) is 12.0 Å². The molecule has 1 saturated heterocycles. The van der Waals surface area contributed by atoms with Crippen LogP contribution in [-0.4, -0.2) is 23.5 Å². The Morgan fingerprint density at radius 2 is 2.10 bits per heavy atom. The van der Waals surface area contributed by atoms with Crippen molar-refractivity contribution in [3.8, 4) is 0 Å². The van der Waals surface area contributed by atoms with Crippen LogP contribution in [0.5, 0.6) is 0 Å². The highest BCUT2D eigenvalue weighted by Crippen LogP contribution is 2.44. The van der Waals surface area contributed by atoms with Crippen LogP contribution < -0.4 is 0 Å². The first kappa shape index (κ1) is 14.8. The number of cyclic esters (lactones) is 1. The molecule has 0 bridgehead atoms. The predicted molar refractivity (Wildman–Crippen MR) is 80.0 cm³/mol. The minimum atomic E-state index is -0.600. The van der Waals surface area contributed by atoms with Gasteiger partial charge in [0.1, 0.15) is 5.54 Å². The number of carbonyl (C=O) groups is 1. The molecular weight excluding hydrogens is 250 g/mol. The number of likely N-dealkylation sites (N-methyl/N-ethyl adjacent to an activating group) is 1. The fourth-order valence-corrected chi connectivity index (χ4v) is 3.08. The van der Waals surface area contributed by atoms with Crippen LogP contribution in [0.15, 0.2) is 43.0 Å². The Labute approximate surface area is 121 Å². The fourth-order valence-electron chi connectivity index (χ4n) is 3.08. The molecule has 1 heterocycles. The largest absolute Gasteiger partial charge is 0.441 e. The highest BCUT2D eigenvalue weighted by Gasteiger charge is 2.55. The van der Waals surface area contributed by atoms with Gasteiger partial charge in [-0.05, 0) is 19.4 Å². The number of hydrogen-bond acceptors (Lipinski definition) is 3. The summed E-state index contributed by atoms with van der Waals surface area (Å²) in [7, 11) is 1.97. The molecule has 1 aliphatic heterocycles. The molecule has 20 heavy (non-hydrogen) atoms. The van der Waals surface area contributed by atoms with Crippen LogP contribution in [0.25, 0.3) is 0 Å². The summed E-state index contributed by atoms with van der Waals surface area (Å²) in [6, 6.07) is 9.89. The van der Waals surface area contributed by atoms with E-state index in [2.05, 4.69) is 25.3 Å². The number of benzene rings is 1. The van der Waals surface area contributed by atoms with E-state index in [-0.39, 0.29) is 18.1 Å². The lowest BCUT2D eigenvalue weighted by Gasteiger charge is -2.37. The minimum Gasteiger partial charge on any atom is -0.441 e. The smallest absolute Gasteiger partial charge is 0.329 e. The van der Waals surface area contributed by atoms with Crippen molar-refractivity contribution in [2.75, 3.05) is 7.05 Å². The van der Waals surface area contributed by atoms with Crippen LogP contribution in [0.3, 0.4) is 0 Å². The van der Waals surface area contributed by atoms with Gasteiger partial charge in [-0.1, -0.05) is 56.7 Å². The number of hydrogen-bond donors (Lipinski definition) is 0. The molecule has 2 unspecified atom stereocenters. The maximum Gasteiger partial charge on any atom is 0.329 e. The van der Waals surface area contributed by atoms with Crippen LogP contribution in [0.2, 0.25) is 0 Å². The predicted octanol–water partition coefficient (Wildman–Crippen LogP) is 3.53. The first-order valence-electron chi connectivity index (χ1n) is 7.17. The number of rotatable bonds is 5. The first-order valence-corrected chi connectivity index (χ1v) is 7.17. The molecule has 0 N–H and O–H groups in total. The molecule has 0 radical (unpaired) electrons. The molecule has 0 saturated carbocycles. The van der Waals surface area contributed by atoms with E-state index in [1.54, 1.807) is 0 Å². The Morgan fingerprint density at radius 3 is 2.65 bits per heavy atom. The van der Waals surface area contributed by atoms with Gasteiger partial charge in [0, 0.05) is 5.56 Å². The van der Waals surface area contributed by atoms with Crippen molar-refractivity contribution in [1.29, 1.82) is 0 Å². The second-order valence-corrected chi connectivity index (χ2v) is 5.51. The molecule has 108 valence electrons. The number of nitrogens with zero attached hydrogens (tertiary/aromatic N) is 1. The standard InChI is InChI=1S/C17H23NO2/c1-5-12-17(13(3)6-2)16(19)20-15(18(17)4)14-10-8-7-9-11-14/h5,7-11,13,15H,1,6,12H2,2-4H3/t13?,15?,17-/m0/s1. The minimum absolute atomic E-state index is 0.136. The summed E-state index contributed by atoms with van der Waals surface area (Å²) >= 11 is 0. The molecule has 1 fully saturated rings. The van der Waals surface area contributed by atoms with Crippen molar-refractivity contribution in [2.45, 2.75) is 38.5 Å². The van der Waals surface area contributed by atoms with Gasteiger partial charge in [0.2, 0.25) is 0 Å². The third-order valence-electron chi connectivity index (χ3n) is 4.52. The van der Waals surface area contributed by atoms with E-state index >= 15 is 0 Å². The van der Waals surface area contributed by atoms with E-state index in [1.165, 1.54) is 0 Å². The van der Waals surface area contributed by atoms with Gasteiger partial charge in [-0.15, -0.1) is 6.58 Å². The maximum absolute atomic E-state index is 12.6. The Kier molecular flexibility index (Phi) is 4.29. The second-order valence-electron chi connectivity index (χ2n) is 5.51. The van der Waals surface area contributed by atoms with Crippen molar-refractivity contribution in [1.82, 2.24) is 4.90 Å². The quantitative estimate of drug-likeness (QED) is 0.607. The van der Waals surface area contributed by atoms with Crippen molar-refractivity contribution >= 4 is 5.97 Å². The SMILES string of the molecule is C=CC[C@]1(C(C)CC)C(=O)OC(c2ccccc2)N1C. The second kappa shape index (κ2) is 5.80. The molecule has 3 atom stereocenters. The van der Waals surface area contributed by atoms with Crippen LogP contribution in [-0.2, 0) is 9.53 Å². The van der Waals surface area contributed by atoms with Crippen molar-refractivity contribution in [3.05, 3.63) is 48.6 Å². The van der Waals surface area contributed by atoms with E-state index < -0.39 is 5.54 Å². The summed E-state index contributed by atoms with van der Waals surface area (Å²) in [4.78, 5) is 14.6. The van der Waals surface area contributed by atoms with Gasteiger partial charge < -0.3 is 4.74 Å². The Balaban J connectivity index is 2.40. The van der Waals surface area contributed by atoms with Gasteiger partial charge >= 0.3 is 5.97 Å². The zero-order valence-electron chi connectivity index (χ0n) is 12.5. The van der Waals surface area contributed by atoms with Gasteiger partial charge in [-0.25, -0.2) is 4.79 Å². The van der Waals surface area contributed by atoms with Gasteiger partial charge in [0.05, 0.1) is 0 Å². The molecule has 1 aromatic carbocycles. The van der Waals surface area contributed by atoms with E-state index in [0.29, 0.717) is 6.42 Å². The highest BCUT2D eigenvalue weighted by atomic mass is 16.6. The molecule has 1 aromatic rings. The van der Waals surface area contributed by atoms with Crippen molar-refractivity contribution in [2.24, 2.45) is 5.92 Å². The summed E-state index contributed by atoms with van der Waals surface area (Å²) in [5, 5.41) is 0. The monoisotopic (exact) mass is 273 g/mol. The van der Waals surface area contributed by atoms with Crippen LogP contribution in [0.1, 0.15) is 38.5 Å². The van der Waals surface area contributed by atoms with Crippen molar-refractivity contribution < 1.29 is 9.53 Å².